The summed E-state index contributed by atoms with van der Waals surface area (Å²) in [6.07, 6.45) is 1.37. The third-order valence-corrected chi connectivity index (χ3v) is 5.57. The van der Waals surface area contributed by atoms with Gasteiger partial charge in [0.25, 0.3) is 5.91 Å². The number of nitrogens with one attached hydrogen (secondary N) is 1. The van der Waals surface area contributed by atoms with Gasteiger partial charge in [-0.1, -0.05) is 29.3 Å². The Hall–Kier alpha value is -4.20. The number of hydrogen-bond donors (Lipinski definition) is 1. The fourth-order valence-electron chi connectivity index (χ4n) is 3.89. The first kappa shape index (κ1) is 23.9. The van der Waals surface area contributed by atoms with Crippen LogP contribution in [0.2, 0.25) is 0 Å². The lowest BCUT2D eigenvalue weighted by Gasteiger charge is -2.14. The van der Waals surface area contributed by atoms with Crippen LogP contribution in [-0.2, 0) is 9.53 Å². The van der Waals surface area contributed by atoms with Crippen molar-refractivity contribution in [3.8, 4) is 11.6 Å². The zero-order chi connectivity index (χ0) is 25.1. The predicted octanol–water partition coefficient (Wildman–Crippen LogP) is 4.85. The molecule has 0 saturated heterocycles. The van der Waals surface area contributed by atoms with Crippen molar-refractivity contribution in [3.05, 3.63) is 76.5 Å². The number of benzene rings is 2. The Bertz CT molecular complexity index is 1410. The lowest BCUT2D eigenvalue weighted by atomic mass is 10.0. The molecule has 0 saturated carbocycles. The zero-order valence-corrected chi connectivity index (χ0v) is 20.5. The normalized spacial score (nSPS) is 10.9. The van der Waals surface area contributed by atoms with Crippen LogP contribution in [0.1, 0.15) is 39.5 Å². The molecule has 0 fully saturated rings. The van der Waals surface area contributed by atoms with Crippen LogP contribution in [0.15, 0.2) is 48.7 Å². The van der Waals surface area contributed by atoms with E-state index in [9.17, 15) is 9.59 Å². The van der Waals surface area contributed by atoms with E-state index < -0.39 is 11.9 Å². The summed E-state index contributed by atoms with van der Waals surface area (Å²) in [5, 5.41) is 8.17. The number of carbonyl (C=O) groups excluding carboxylic acids is 2. The molecule has 180 valence electrons. The maximum absolute atomic E-state index is 12.8. The first-order valence-electron chi connectivity index (χ1n) is 11.4. The Balaban J connectivity index is 1.69. The Morgan fingerprint density at radius 3 is 2.43 bits per heavy atom. The molecule has 1 amide bonds. The van der Waals surface area contributed by atoms with E-state index in [1.165, 1.54) is 10.9 Å². The van der Waals surface area contributed by atoms with Gasteiger partial charge in [-0.25, -0.2) is 9.78 Å². The van der Waals surface area contributed by atoms with E-state index in [0.29, 0.717) is 11.6 Å². The molecule has 2 aromatic carbocycles. The smallest absolute Gasteiger partial charge is 0.343 e. The first-order valence-corrected chi connectivity index (χ1v) is 11.4. The maximum atomic E-state index is 12.8. The largest absolute Gasteiger partial charge is 0.484 e. The van der Waals surface area contributed by atoms with Crippen molar-refractivity contribution >= 4 is 28.6 Å². The molecule has 8 heteroatoms. The highest BCUT2D eigenvalue weighted by atomic mass is 16.5. The van der Waals surface area contributed by atoms with Crippen LogP contribution < -0.4 is 10.1 Å². The summed E-state index contributed by atoms with van der Waals surface area (Å²) in [5.41, 5.74) is 5.24. The van der Waals surface area contributed by atoms with Gasteiger partial charge in [0.2, 0.25) is 0 Å². The molecular weight excluding hydrogens is 444 g/mol. The molecule has 0 atom stereocenters. The highest BCUT2D eigenvalue weighted by molar-refractivity contribution is 6.01. The van der Waals surface area contributed by atoms with Crippen LogP contribution in [0.25, 0.3) is 16.7 Å². The number of amides is 1. The van der Waals surface area contributed by atoms with E-state index >= 15 is 0 Å². The monoisotopic (exact) mass is 472 g/mol. The lowest BCUT2D eigenvalue weighted by molar-refractivity contribution is -0.118. The SMILES string of the molecule is CCOC(=O)c1cnn(-c2cc(C)c3cc(C)cc(C)c3n2)c1NC(=O)COc1ccc(C)cc1. The Morgan fingerprint density at radius 1 is 0.971 bits per heavy atom. The fourth-order valence-corrected chi connectivity index (χ4v) is 3.89. The molecule has 0 aliphatic heterocycles. The summed E-state index contributed by atoms with van der Waals surface area (Å²) < 4.78 is 12.2. The fraction of sp³-hybridized carbons (Fsp3) is 0.259. The Kier molecular flexibility index (Phi) is 6.82. The summed E-state index contributed by atoms with van der Waals surface area (Å²) >= 11 is 0. The van der Waals surface area contributed by atoms with Gasteiger partial charge in [-0.2, -0.15) is 9.78 Å². The minimum absolute atomic E-state index is 0.135. The standard InChI is InChI=1S/C27H28N4O4/c1-6-34-27(33)22-14-28-31(23-13-18(4)21-12-17(3)11-19(5)25(21)29-23)26(22)30-24(32)15-35-20-9-7-16(2)8-10-20/h7-14H,6,15H2,1-5H3,(H,30,32). The summed E-state index contributed by atoms with van der Waals surface area (Å²) in [6, 6.07) is 13.4. The number of esters is 1. The van der Waals surface area contributed by atoms with E-state index in [-0.39, 0.29) is 24.6 Å². The van der Waals surface area contributed by atoms with Crippen LogP contribution >= 0.6 is 0 Å². The molecule has 2 heterocycles. The molecule has 0 unspecified atom stereocenters. The van der Waals surface area contributed by atoms with Crippen molar-refractivity contribution in [2.75, 3.05) is 18.5 Å². The maximum Gasteiger partial charge on any atom is 0.343 e. The second-order valence-electron chi connectivity index (χ2n) is 8.46. The molecule has 0 bridgehead atoms. The molecule has 4 aromatic rings. The number of carbonyl (C=O) groups is 2. The molecule has 0 spiro atoms. The average molecular weight is 473 g/mol. The van der Waals surface area contributed by atoms with Crippen LogP contribution in [-0.4, -0.2) is 39.9 Å². The number of fused-ring (bicyclic) bond motifs is 1. The second kappa shape index (κ2) is 9.97. The van der Waals surface area contributed by atoms with Crippen molar-refractivity contribution < 1.29 is 19.1 Å². The number of pyridine rings is 1. The summed E-state index contributed by atoms with van der Waals surface area (Å²) in [6.45, 7) is 9.69. The molecule has 0 aliphatic carbocycles. The second-order valence-corrected chi connectivity index (χ2v) is 8.46. The molecule has 35 heavy (non-hydrogen) atoms. The number of anilines is 1. The van der Waals surface area contributed by atoms with Gasteiger partial charge in [0.15, 0.2) is 18.2 Å². The highest BCUT2D eigenvalue weighted by Gasteiger charge is 2.23. The van der Waals surface area contributed by atoms with Gasteiger partial charge in [0, 0.05) is 5.39 Å². The molecule has 8 nitrogen and oxygen atoms in total. The van der Waals surface area contributed by atoms with E-state index in [1.807, 2.05) is 45.9 Å². The van der Waals surface area contributed by atoms with Crippen LogP contribution in [0.5, 0.6) is 5.75 Å². The van der Waals surface area contributed by atoms with Crippen LogP contribution in [0, 0.1) is 27.7 Å². The zero-order valence-electron chi connectivity index (χ0n) is 20.5. The molecule has 0 aliphatic rings. The topological polar surface area (TPSA) is 95.3 Å². The van der Waals surface area contributed by atoms with Crippen LogP contribution in [0.4, 0.5) is 5.82 Å². The number of ether oxygens (including phenoxy) is 2. The van der Waals surface area contributed by atoms with E-state index in [4.69, 9.17) is 14.5 Å². The molecular formula is C27H28N4O4. The summed E-state index contributed by atoms with van der Waals surface area (Å²) in [4.78, 5) is 30.2. The number of aromatic nitrogens is 3. The highest BCUT2D eigenvalue weighted by Crippen LogP contribution is 2.27. The quantitative estimate of drug-likeness (QED) is 0.387. The van der Waals surface area contributed by atoms with E-state index in [2.05, 4.69) is 22.5 Å². The van der Waals surface area contributed by atoms with Crippen molar-refractivity contribution in [1.82, 2.24) is 14.8 Å². The van der Waals surface area contributed by atoms with Crippen molar-refractivity contribution in [2.45, 2.75) is 34.6 Å². The first-order chi connectivity index (χ1) is 16.8. The van der Waals surface area contributed by atoms with Crippen molar-refractivity contribution in [2.24, 2.45) is 0 Å². The van der Waals surface area contributed by atoms with Gasteiger partial charge in [-0.05, 0) is 70.0 Å². The minimum Gasteiger partial charge on any atom is -0.484 e. The number of hydrogen-bond acceptors (Lipinski definition) is 6. The number of rotatable bonds is 7. The van der Waals surface area contributed by atoms with E-state index in [1.54, 1.807) is 19.1 Å². The average Bonchev–Trinajstić information content (AvgIpc) is 3.23. The van der Waals surface area contributed by atoms with Crippen molar-refractivity contribution in [3.63, 3.8) is 0 Å². The van der Waals surface area contributed by atoms with E-state index in [0.717, 1.165) is 33.2 Å². The van der Waals surface area contributed by atoms with Gasteiger partial charge < -0.3 is 14.8 Å². The molecule has 4 rings (SSSR count). The number of nitrogens with zero attached hydrogens (tertiary/aromatic N) is 3. The third kappa shape index (κ3) is 5.16. The summed E-state index contributed by atoms with van der Waals surface area (Å²) in [7, 11) is 0. The molecule has 1 N–H and O–H groups in total. The number of aryl methyl sites for hydroxylation is 4. The van der Waals surface area contributed by atoms with Gasteiger partial charge in [-0.15, -0.1) is 0 Å². The molecule has 0 radical (unpaired) electrons. The minimum atomic E-state index is -0.585. The van der Waals surface area contributed by atoms with Gasteiger partial charge in [-0.3, -0.25) is 4.79 Å². The Morgan fingerprint density at radius 2 is 1.71 bits per heavy atom. The van der Waals surface area contributed by atoms with Crippen molar-refractivity contribution in [1.29, 1.82) is 0 Å². The lowest BCUT2D eigenvalue weighted by Crippen LogP contribution is -2.23. The molecule has 2 aromatic heterocycles. The van der Waals surface area contributed by atoms with Gasteiger partial charge in [0.05, 0.1) is 18.3 Å². The van der Waals surface area contributed by atoms with Gasteiger partial charge in [0.1, 0.15) is 11.3 Å². The third-order valence-electron chi connectivity index (χ3n) is 5.57. The Labute approximate surface area is 203 Å². The van der Waals surface area contributed by atoms with Crippen LogP contribution in [0.3, 0.4) is 0 Å². The predicted molar refractivity (Wildman–Crippen MR) is 134 cm³/mol. The summed E-state index contributed by atoms with van der Waals surface area (Å²) in [5.74, 6) is 0.201. The van der Waals surface area contributed by atoms with Gasteiger partial charge >= 0.3 is 5.97 Å².